The first-order valence-corrected chi connectivity index (χ1v) is 9.31. The lowest BCUT2D eigenvalue weighted by atomic mass is 10.1. The predicted molar refractivity (Wildman–Crippen MR) is 111 cm³/mol. The molecule has 2 N–H and O–H groups in total. The molecular weight excluding hydrogens is 352 g/mol. The van der Waals surface area contributed by atoms with Gasteiger partial charge in [-0.15, -0.1) is 0 Å². The molecule has 0 unspecified atom stereocenters. The standard InChI is InChI=1S/C23H22N2O3/c1-16(23(26)25-20-11-12-21-22(15-20)28-14-13-27-21)24-19-9-7-18(8-10-19)17-5-3-2-4-6-17/h2-12,15-16,24H,13-14H2,1H3,(H,25,26)/t16-/m0/s1. The molecule has 0 radical (unpaired) electrons. The molecule has 0 saturated carbocycles. The molecule has 0 fully saturated rings. The molecule has 0 aromatic heterocycles. The maximum absolute atomic E-state index is 12.5. The van der Waals surface area contributed by atoms with Gasteiger partial charge in [-0.2, -0.15) is 0 Å². The maximum atomic E-state index is 12.5. The summed E-state index contributed by atoms with van der Waals surface area (Å²) in [6.07, 6.45) is 0. The molecule has 3 aromatic rings. The first kappa shape index (κ1) is 17.9. The van der Waals surface area contributed by atoms with Gasteiger partial charge in [-0.25, -0.2) is 0 Å². The van der Waals surface area contributed by atoms with Crippen molar-refractivity contribution in [3.63, 3.8) is 0 Å². The topological polar surface area (TPSA) is 59.6 Å². The molecule has 142 valence electrons. The molecule has 28 heavy (non-hydrogen) atoms. The zero-order chi connectivity index (χ0) is 19.3. The minimum absolute atomic E-state index is 0.121. The lowest BCUT2D eigenvalue weighted by Crippen LogP contribution is -2.31. The molecule has 1 amide bonds. The van der Waals surface area contributed by atoms with Gasteiger partial charge in [-0.3, -0.25) is 4.79 Å². The maximum Gasteiger partial charge on any atom is 0.246 e. The number of amides is 1. The van der Waals surface area contributed by atoms with E-state index >= 15 is 0 Å². The summed E-state index contributed by atoms with van der Waals surface area (Å²) in [5, 5.41) is 6.15. The number of fused-ring (bicyclic) bond motifs is 1. The quantitative estimate of drug-likeness (QED) is 0.687. The van der Waals surface area contributed by atoms with Gasteiger partial charge >= 0.3 is 0 Å². The van der Waals surface area contributed by atoms with E-state index < -0.39 is 6.04 Å². The molecule has 5 nitrogen and oxygen atoms in total. The smallest absolute Gasteiger partial charge is 0.246 e. The van der Waals surface area contributed by atoms with E-state index in [0.717, 1.165) is 11.3 Å². The van der Waals surface area contributed by atoms with Crippen LogP contribution >= 0.6 is 0 Å². The number of nitrogens with one attached hydrogen (secondary N) is 2. The fraction of sp³-hybridized carbons (Fsp3) is 0.174. The van der Waals surface area contributed by atoms with Crippen molar-refractivity contribution in [2.75, 3.05) is 23.8 Å². The van der Waals surface area contributed by atoms with Crippen molar-refractivity contribution in [1.29, 1.82) is 0 Å². The number of rotatable bonds is 5. The number of carbonyl (C=O) groups excluding carboxylic acids is 1. The molecule has 1 heterocycles. The molecule has 1 aliphatic rings. The van der Waals surface area contributed by atoms with Gasteiger partial charge in [0.2, 0.25) is 5.91 Å². The zero-order valence-corrected chi connectivity index (χ0v) is 15.6. The van der Waals surface area contributed by atoms with Gasteiger partial charge in [-0.05, 0) is 42.3 Å². The van der Waals surface area contributed by atoms with Crippen LogP contribution in [0.1, 0.15) is 6.92 Å². The van der Waals surface area contributed by atoms with Crippen molar-refractivity contribution in [1.82, 2.24) is 0 Å². The molecule has 1 atom stereocenters. The summed E-state index contributed by atoms with van der Waals surface area (Å²) in [5.41, 5.74) is 3.88. The number of anilines is 2. The van der Waals surface area contributed by atoms with Crippen LogP contribution in [0, 0.1) is 0 Å². The first-order valence-electron chi connectivity index (χ1n) is 9.31. The molecule has 1 aliphatic heterocycles. The Morgan fingerprint density at radius 3 is 2.21 bits per heavy atom. The van der Waals surface area contributed by atoms with Gasteiger partial charge in [0.05, 0.1) is 0 Å². The average molecular weight is 374 g/mol. The summed E-state index contributed by atoms with van der Waals surface area (Å²) in [6, 6.07) is 23.3. The van der Waals surface area contributed by atoms with Gasteiger partial charge in [0, 0.05) is 17.4 Å². The minimum atomic E-state index is -0.393. The summed E-state index contributed by atoms with van der Waals surface area (Å²) in [7, 11) is 0. The second-order valence-electron chi connectivity index (χ2n) is 6.66. The largest absolute Gasteiger partial charge is 0.486 e. The van der Waals surface area contributed by atoms with Crippen LogP contribution in [0.2, 0.25) is 0 Å². The lowest BCUT2D eigenvalue weighted by Gasteiger charge is -2.20. The highest BCUT2D eigenvalue weighted by molar-refractivity contribution is 5.96. The molecule has 4 rings (SSSR count). The van der Waals surface area contributed by atoms with E-state index in [1.807, 2.05) is 61.5 Å². The van der Waals surface area contributed by atoms with E-state index in [0.29, 0.717) is 30.4 Å². The Labute approximate surface area is 164 Å². The van der Waals surface area contributed by atoms with Crippen molar-refractivity contribution in [3.05, 3.63) is 72.8 Å². The lowest BCUT2D eigenvalue weighted by molar-refractivity contribution is -0.116. The second-order valence-corrected chi connectivity index (χ2v) is 6.66. The third-order valence-corrected chi connectivity index (χ3v) is 4.58. The van der Waals surface area contributed by atoms with Crippen LogP contribution in [0.15, 0.2) is 72.8 Å². The van der Waals surface area contributed by atoms with Crippen LogP contribution in [0.25, 0.3) is 11.1 Å². The zero-order valence-electron chi connectivity index (χ0n) is 15.6. The Morgan fingerprint density at radius 2 is 1.46 bits per heavy atom. The molecule has 0 spiro atoms. The number of hydrogen-bond donors (Lipinski definition) is 2. The Balaban J connectivity index is 1.38. The summed E-state index contributed by atoms with van der Waals surface area (Å²) >= 11 is 0. The summed E-state index contributed by atoms with van der Waals surface area (Å²) < 4.78 is 11.1. The van der Waals surface area contributed by atoms with Crippen LogP contribution in [0.5, 0.6) is 11.5 Å². The normalized spacial score (nSPS) is 13.5. The third kappa shape index (κ3) is 4.09. The molecule has 0 saturated heterocycles. The third-order valence-electron chi connectivity index (χ3n) is 4.58. The average Bonchev–Trinajstić information content (AvgIpc) is 2.75. The Hall–Kier alpha value is -3.47. The van der Waals surface area contributed by atoms with E-state index in [1.54, 1.807) is 6.07 Å². The molecule has 3 aromatic carbocycles. The number of ether oxygens (including phenoxy) is 2. The monoisotopic (exact) mass is 374 g/mol. The minimum Gasteiger partial charge on any atom is -0.486 e. The fourth-order valence-corrected chi connectivity index (χ4v) is 3.08. The van der Waals surface area contributed by atoms with Crippen LogP contribution in [-0.4, -0.2) is 25.2 Å². The van der Waals surface area contributed by atoms with Crippen molar-refractivity contribution in [3.8, 4) is 22.6 Å². The van der Waals surface area contributed by atoms with Crippen molar-refractivity contribution in [2.24, 2.45) is 0 Å². The first-order chi connectivity index (χ1) is 13.7. The van der Waals surface area contributed by atoms with E-state index in [9.17, 15) is 4.79 Å². The molecule has 0 bridgehead atoms. The van der Waals surface area contributed by atoms with Crippen LogP contribution in [0.4, 0.5) is 11.4 Å². The van der Waals surface area contributed by atoms with E-state index in [-0.39, 0.29) is 5.91 Å². The van der Waals surface area contributed by atoms with Crippen LogP contribution in [-0.2, 0) is 4.79 Å². The molecule has 5 heteroatoms. The Kier molecular flexibility index (Phi) is 5.15. The van der Waals surface area contributed by atoms with E-state index in [1.165, 1.54) is 5.56 Å². The summed E-state index contributed by atoms with van der Waals surface area (Å²) in [6.45, 7) is 2.89. The molecular formula is C23H22N2O3. The SMILES string of the molecule is C[C@H](Nc1ccc(-c2ccccc2)cc1)C(=O)Nc1ccc2c(c1)OCCO2. The van der Waals surface area contributed by atoms with Crippen molar-refractivity contribution >= 4 is 17.3 Å². The van der Waals surface area contributed by atoms with Gasteiger partial charge in [-0.1, -0.05) is 42.5 Å². The van der Waals surface area contributed by atoms with Gasteiger partial charge in [0.15, 0.2) is 11.5 Å². The highest BCUT2D eigenvalue weighted by atomic mass is 16.6. The van der Waals surface area contributed by atoms with Gasteiger partial charge in [0.1, 0.15) is 19.3 Å². The number of hydrogen-bond acceptors (Lipinski definition) is 4. The highest BCUT2D eigenvalue weighted by Gasteiger charge is 2.16. The van der Waals surface area contributed by atoms with Gasteiger partial charge < -0.3 is 20.1 Å². The number of carbonyl (C=O) groups is 1. The van der Waals surface area contributed by atoms with Gasteiger partial charge in [0.25, 0.3) is 0 Å². The van der Waals surface area contributed by atoms with Crippen molar-refractivity contribution < 1.29 is 14.3 Å². The number of benzene rings is 3. The second kappa shape index (κ2) is 8.05. The Morgan fingerprint density at radius 1 is 0.821 bits per heavy atom. The molecule has 0 aliphatic carbocycles. The highest BCUT2D eigenvalue weighted by Crippen LogP contribution is 2.32. The predicted octanol–water partition coefficient (Wildman–Crippen LogP) is 4.56. The van der Waals surface area contributed by atoms with E-state index in [2.05, 4.69) is 22.8 Å². The van der Waals surface area contributed by atoms with Crippen LogP contribution < -0.4 is 20.1 Å². The summed E-state index contributed by atoms with van der Waals surface area (Å²) in [4.78, 5) is 12.5. The Bertz CT molecular complexity index is 955. The van der Waals surface area contributed by atoms with E-state index in [4.69, 9.17) is 9.47 Å². The fourth-order valence-electron chi connectivity index (χ4n) is 3.08. The van der Waals surface area contributed by atoms with Crippen molar-refractivity contribution in [2.45, 2.75) is 13.0 Å². The van der Waals surface area contributed by atoms with Crippen LogP contribution in [0.3, 0.4) is 0 Å². The summed E-state index contributed by atoms with van der Waals surface area (Å²) in [5.74, 6) is 1.24.